The Kier molecular flexibility index (Phi) is 3.10. The van der Waals surface area contributed by atoms with Crippen LogP contribution < -0.4 is 0 Å². The van der Waals surface area contributed by atoms with Gasteiger partial charge in [-0.25, -0.2) is 4.39 Å². The third kappa shape index (κ3) is 2.02. The van der Waals surface area contributed by atoms with Gasteiger partial charge in [-0.05, 0) is 30.9 Å². The maximum atomic E-state index is 13.5. The summed E-state index contributed by atoms with van der Waals surface area (Å²) in [6, 6.07) is 10.00. The highest BCUT2D eigenvalue weighted by Crippen LogP contribution is 2.40. The fourth-order valence-corrected chi connectivity index (χ4v) is 2.44. The van der Waals surface area contributed by atoms with E-state index in [0.29, 0.717) is 12.8 Å². The Labute approximate surface area is 96.2 Å². The van der Waals surface area contributed by atoms with E-state index in [9.17, 15) is 4.39 Å². The number of benzene rings is 1. The SMILES string of the molecule is C#CCC1(c2ccccc2)C=C(F)CCC1. The Morgan fingerprint density at radius 3 is 2.69 bits per heavy atom. The van der Waals surface area contributed by atoms with E-state index in [0.717, 1.165) is 18.4 Å². The van der Waals surface area contributed by atoms with Gasteiger partial charge in [0.05, 0.1) is 5.83 Å². The molecular weight excluding hydrogens is 199 g/mol. The van der Waals surface area contributed by atoms with Gasteiger partial charge in [-0.1, -0.05) is 30.3 Å². The van der Waals surface area contributed by atoms with Crippen LogP contribution in [0.2, 0.25) is 0 Å². The largest absolute Gasteiger partial charge is 0.212 e. The summed E-state index contributed by atoms with van der Waals surface area (Å²) in [5, 5.41) is 0. The first-order chi connectivity index (χ1) is 7.77. The zero-order valence-corrected chi connectivity index (χ0v) is 9.25. The summed E-state index contributed by atoms with van der Waals surface area (Å²) in [6.45, 7) is 0. The summed E-state index contributed by atoms with van der Waals surface area (Å²) in [4.78, 5) is 0. The van der Waals surface area contributed by atoms with Gasteiger partial charge in [-0.2, -0.15) is 0 Å². The van der Waals surface area contributed by atoms with Crippen molar-refractivity contribution in [2.24, 2.45) is 0 Å². The van der Waals surface area contributed by atoms with E-state index in [1.807, 2.05) is 30.3 Å². The van der Waals surface area contributed by atoms with Gasteiger partial charge in [-0.15, -0.1) is 12.3 Å². The molecule has 0 amide bonds. The Balaban J connectivity index is 2.44. The molecule has 82 valence electrons. The third-order valence-electron chi connectivity index (χ3n) is 3.24. The van der Waals surface area contributed by atoms with Crippen LogP contribution in [0.25, 0.3) is 0 Å². The fraction of sp³-hybridized carbons (Fsp3) is 0.333. The maximum absolute atomic E-state index is 13.5. The second kappa shape index (κ2) is 4.53. The van der Waals surface area contributed by atoms with Gasteiger partial charge >= 0.3 is 0 Å². The smallest absolute Gasteiger partial charge is 0.0969 e. The monoisotopic (exact) mass is 214 g/mol. The lowest BCUT2D eigenvalue weighted by Crippen LogP contribution is -2.25. The molecule has 0 spiro atoms. The van der Waals surface area contributed by atoms with E-state index in [4.69, 9.17) is 6.42 Å². The van der Waals surface area contributed by atoms with Crippen LogP contribution in [0.15, 0.2) is 42.2 Å². The molecule has 0 nitrogen and oxygen atoms in total. The minimum atomic E-state index is -0.279. The van der Waals surface area contributed by atoms with Crippen molar-refractivity contribution < 1.29 is 4.39 Å². The van der Waals surface area contributed by atoms with Crippen LogP contribution >= 0.6 is 0 Å². The Bertz CT molecular complexity index is 424. The Morgan fingerprint density at radius 2 is 2.06 bits per heavy atom. The standard InChI is InChI=1S/C15H15F/c1-2-10-15(11-6-9-14(16)12-15)13-7-4-3-5-8-13/h1,3-5,7-8,12H,6,9-11H2. The molecule has 1 aromatic carbocycles. The average Bonchev–Trinajstić information content (AvgIpc) is 2.31. The molecular formula is C15H15F. The summed E-state index contributed by atoms with van der Waals surface area (Å²) in [5.41, 5.74) is 0.848. The fourth-order valence-electron chi connectivity index (χ4n) is 2.44. The average molecular weight is 214 g/mol. The molecule has 0 saturated heterocycles. The van der Waals surface area contributed by atoms with Gasteiger partial charge in [0, 0.05) is 11.8 Å². The lowest BCUT2D eigenvalue weighted by atomic mass is 9.71. The summed E-state index contributed by atoms with van der Waals surface area (Å²) < 4.78 is 13.5. The van der Waals surface area contributed by atoms with E-state index >= 15 is 0 Å². The van der Waals surface area contributed by atoms with Crippen molar-refractivity contribution in [1.82, 2.24) is 0 Å². The van der Waals surface area contributed by atoms with Crippen molar-refractivity contribution in [2.75, 3.05) is 0 Å². The van der Waals surface area contributed by atoms with Gasteiger partial charge in [0.25, 0.3) is 0 Å². The molecule has 1 unspecified atom stereocenters. The number of rotatable bonds is 2. The summed E-state index contributed by atoms with van der Waals surface area (Å²) in [6.07, 6.45) is 10.1. The van der Waals surface area contributed by atoms with Crippen LogP contribution in [0.1, 0.15) is 31.2 Å². The van der Waals surface area contributed by atoms with Crippen LogP contribution in [0.5, 0.6) is 0 Å². The summed E-state index contributed by atoms with van der Waals surface area (Å²) in [7, 11) is 0. The van der Waals surface area contributed by atoms with E-state index in [1.54, 1.807) is 6.08 Å². The van der Waals surface area contributed by atoms with Gasteiger partial charge in [-0.3, -0.25) is 0 Å². The predicted molar refractivity (Wildman–Crippen MR) is 64.6 cm³/mol. The number of hydrogen-bond donors (Lipinski definition) is 0. The lowest BCUT2D eigenvalue weighted by Gasteiger charge is -2.32. The van der Waals surface area contributed by atoms with E-state index in [2.05, 4.69) is 5.92 Å². The highest BCUT2D eigenvalue weighted by Gasteiger charge is 2.32. The van der Waals surface area contributed by atoms with Crippen molar-refractivity contribution in [1.29, 1.82) is 0 Å². The van der Waals surface area contributed by atoms with Crippen LogP contribution in [0.3, 0.4) is 0 Å². The first-order valence-corrected chi connectivity index (χ1v) is 5.63. The maximum Gasteiger partial charge on any atom is 0.0969 e. The second-order valence-corrected chi connectivity index (χ2v) is 4.35. The predicted octanol–water partition coefficient (Wildman–Crippen LogP) is 3.99. The Hall–Kier alpha value is -1.55. The van der Waals surface area contributed by atoms with Crippen molar-refractivity contribution in [3.8, 4) is 12.3 Å². The van der Waals surface area contributed by atoms with Gasteiger partial charge in [0.15, 0.2) is 0 Å². The number of halogens is 1. The topological polar surface area (TPSA) is 0 Å². The summed E-state index contributed by atoms with van der Waals surface area (Å²) >= 11 is 0. The molecule has 1 atom stereocenters. The minimum absolute atomic E-state index is 0.0228. The molecule has 1 aliphatic carbocycles. The first-order valence-electron chi connectivity index (χ1n) is 5.63. The van der Waals surface area contributed by atoms with Crippen LogP contribution in [0.4, 0.5) is 4.39 Å². The third-order valence-corrected chi connectivity index (χ3v) is 3.24. The van der Waals surface area contributed by atoms with Gasteiger partial charge in [0.2, 0.25) is 0 Å². The second-order valence-electron chi connectivity index (χ2n) is 4.35. The number of allylic oxidation sites excluding steroid dienone is 2. The molecule has 0 aromatic heterocycles. The molecule has 0 bridgehead atoms. The number of terminal acetylenes is 1. The molecule has 1 aromatic rings. The molecule has 0 fully saturated rings. The molecule has 0 N–H and O–H groups in total. The quantitative estimate of drug-likeness (QED) is 0.653. The molecule has 0 saturated carbocycles. The first kappa shape index (κ1) is 11.0. The van der Waals surface area contributed by atoms with E-state index < -0.39 is 0 Å². The van der Waals surface area contributed by atoms with Crippen LogP contribution in [0, 0.1) is 12.3 Å². The lowest BCUT2D eigenvalue weighted by molar-refractivity contribution is 0.412. The Morgan fingerprint density at radius 1 is 1.31 bits per heavy atom. The van der Waals surface area contributed by atoms with Crippen LogP contribution in [-0.4, -0.2) is 0 Å². The molecule has 1 aliphatic rings. The van der Waals surface area contributed by atoms with E-state index in [-0.39, 0.29) is 11.2 Å². The summed E-state index contributed by atoms with van der Waals surface area (Å²) in [5.74, 6) is 2.66. The highest BCUT2D eigenvalue weighted by molar-refractivity contribution is 5.34. The van der Waals surface area contributed by atoms with Crippen molar-refractivity contribution in [3.63, 3.8) is 0 Å². The normalized spacial score (nSPS) is 24.6. The molecule has 0 aliphatic heterocycles. The van der Waals surface area contributed by atoms with Gasteiger partial charge < -0.3 is 0 Å². The van der Waals surface area contributed by atoms with Crippen molar-refractivity contribution >= 4 is 0 Å². The van der Waals surface area contributed by atoms with E-state index in [1.165, 1.54) is 0 Å². The molecule has 16 heavy (non-hydrogen) atoms. The molecule has 0 radical (unpaired) electrons. The van der Waals surface area contributed by atoms with Crippen molar-refractivity contribution in [3.05, 3.63) is 47.8 Å². The molecule has 0 heterocycles. The number of hydrogen-bond acceptors (Lipinski definition) is 0. The van der Waals surface area contributed by atoms with Gasteiger partial charge in [0.1, 0.15) is 0 Å². The highest BCUT2D eigenvalue weighted by atomic mass is 19.1. The minimum Gasteiger partial charge on any atom is -0.212 e. The zero-order valence-electron chi connectivity index (χ0n) is 9.25. The molecule has 2 rings (SSSR count). The van der Waals surface area contributed by atoms with Crippen LogP contribution in [-0.2, 0) is 5.41 Å². The van der Waals surface area contributed by atoms with Crippen molar-refractivity contribution in [2.45, 2.75) is 31.1 Å². The molecule has 1 heteroatoms. The zero-order chi connectivity index (χ0) is 11.4.